The molecule has 1 fully saturated rings. The van der Waals surface area contributed by atoms with E-state index in [-0.39, 0.29) is 23.7 Å². The zero-order valence-corrected chi connectivity index (χ0v) is 12.6. The first-order valence-corrected chi connectivity index (χ1v) is 7.30. The molecule has 0 bridgehead atoms. The average molecular weight is 297 g/mol. The Labute approximate surface area is 125 Å². The third-order valence-corrected chi connectivity index (χ3v) is 3.96. The molecule has 0 aliphatic carbocycles. The van der Waals surface area contributed by atoms with Gasteiger partial charge in [-0.25, -0.2) is 4.39 Å². The number of benzene rings is 1. The number of morpholine rings is 1. The Balaban J connectivity index is 2.03. The topological polar surface area (TPSA) is 59.8 Å². The molecular weight excluding hydrogens is 273 g/mol. The predicted octanol–water partition coefficient (Wildman–Crippen LogP) is 0.929. The number of likely N-dealkylation sites (N-methyl/N-ethyl adjacent to an activating group) is 1. The lowest BCUT2D eigenvalue weighted by Crippen LogP contribution is -2.54. The second-order valence-electron chi connectivity index (χ2n) is 5.25. The monoisotopic (exact) mass is 297 g/mol. The summed E-state index contributed by atoms with van der Waals surface area (Å²) in [6, 6.07) is 4.93. The predicted molar refractivity (Wildman–Crippen MR) is 79.6 cm³/mol. The number of nitrogens with zero attached hydrogens (tertiary/aromatic N) is 1. The minimum absolute atomic E-state index is 0.00821. The fraction of sp³-hybridized carbons (Fsp3) is 0.600. The molecule has 3 N–H and O–H groups in total. The van der Waals surface area contributed by atoms with E-state index in [9.17, 15) is 4.39 Å². The van der Waals surface area contributed by atoms with Gasteiger partial charge in [-0.2, -0.15) is 0 Å². The molecule has 0 aromatic heterocycles. The third-order valence-electron chi connectivity index (χ3n) is 3.96. The summed E-state index contributed by atoms with van der Waals surface area (Å²) < 4.78 is 24.5. The summed E-state index contributed by atoms with van der Waals surface area (Å²) in [5.41, 5.74) is 3.68. The van der Waals surface area contributed by atoms with Gasteiger partial charge in [0.2, 0.25) is 0 Å². The summed E-state index contributed by atoms with van der Waals surface area (Å²) in [6.45, 7) is 5.61. The van der Waals surface area contributed by atoms with E-state index in [2.05, 4.69) is 17.2 Å². The summed E-state index contributed by atoms with van der Waals surface area (Å²) in [5, 5.41) is 0. The minimum atomic E-state index is -0.356. The van der Waals surface area contributed by atoms with Gasteiger partial charge in [-0.3, -0.25) is 16.2 Å². The van der Waals surface area contributed by atoms with E-state index in [1.165, 1.54) is 13.2 Å². The SMILES string of the molecule is CCN1CCOC(C(Cc2ccc(OC)c(F)c2)NN)C1. The summed E-state index contributed by atoms with van der Waals surface area (Å²) in [7, 11) is 1.46. The van der Waals surface area contributed by atoms with Crippen LogP contribution in [0.5, 0.6) is 5.75 Å². The van der Waals surface area contributed by atoms with Gasteiger partial charge in [-0.15, -0.1) is 0 Å². The molecule has 6 heteroatoms. The van der Waals surface area contributed by atoms with Crippen molar-refractivity contribution in [3.8, 4) is 5.75 Å². The number of hydrogen-bond acceptors (Lipinski definition) is 5. The van der Waals surface area contributed by atoms with E-state index < -0.39 is 0 Å². The molecular formula is C15H24FN3O2. The lowest BCUT2D eigenvalue weighted by molar-refractivity contribution is -0.0448. The smallest absolute Gasteiger partial charge is 0.165 e. The van der Waals surface area contributed by atoms with Gasteiger partial charge in [0.25, 0.3) is 0 Å². The molecule has 0 spiro atoms. The van der Waals surface area contributed by atoms with Crippen LogP contribution in [-0.4, -0.2) is 50.4 Å². The number of nitrogens with two attached hydrogens (primary N) is 1. The molecule has 0 saturated carbocycles. The zero-order valence-electron chi connectivity index (χ0n) is 12.6. The van der Waals surface area contributed by atoms with Crippen molar-refractivity contribution in [1.29, 1.82) is 0 Å². The van der Waals surface area contributed by atoms with Crippen molar-refractivity contribution < 1.29 is 13.9 Å². The fourth-order valence-electron chi connectivity index (χ4n) is 2.65. The molecule has 1 heterocycles. The normalized spacial score (nSPS) is 21.2. The molecule has 1 aromatic rings. The van der Waals surface area contributed by atoms with Crippen LogP contribution in [0.25, 0.3) is 0 Å². The molecule has 2 rings (SSSR count). The molecule has 21 heavy (non-hydrogen) atoms. The first-order valence-electron chi connectivity index (χ1n) is 7.30. The second-order valence-corrected chi connectivity index (χ2v) is 5.25. The maximum absolute atomic E-state index is 13.7. The van der Waals surface area contributed by atoms with Crippen LogP contribution in [0.1, 0.15) is 12.5 Å². The van der Waals surface area contributed by atoms with Crippen molar-refractivity contribution in [3.05, 3.63) is 29.6 Å². The number of hydrazine groups is 1. The minimum Gasteiger partial charge on any atom is -0.494 e. The summed E-state index contributed by atoms with van der Waals surface area (Å²) in [4.78, 5) is 2.33. The molecule has 1 aromatic carbocycles. The zero-order chi connectivity index (χ0) is 15.2. The van der Waals surface area contributed by atoms with E-state index >= 15 is 0 Å². The first-order chi connectivity index (χ1) is 10.2. The molecule has 0 amide bonds. The molecule has 0 radical (unpaired) electrons. The number of nitrogens with one attached hydrogen (secondary N) is 1. The molecule has 2 unspecified atom stereocenters. The second kappa shape index (κ2) is 7.70. The van der Waals surface area contributed by atoms with Crippen LogP contribution < -0.4 is 16.0 Å². The van der Waals surface area contributed by atoms with Gasteiger partial charge < -0.3 is 9.47 Å². The summed E-state index contributed by atoms with van der Waals surface area (Å²) in [5.74, 6) is 5.56. The summed E-state index contributed by atoms with van der Waals surface area (Å²) in [6.07, 6.45) is 0.619. The maximum atomic E-state index is 13.7. The highest BCUT2D eigenvalue weighted by Gasteiger charge is 2.27. The lowest BCUT2D eigenvalue weighted by atomic mass is 10.00. The largest absolute Gasteiger partial charge is 0.494 e. The van der Waals surface area contributed by atoms with Crippen LogP contribution in [0.15, 0.2) is 18.2 Å². The lowest BCUT2D eigenvalue weighted by Gasteiger charge is -2.36. The van der Waals surface area contributed by atoms with Gasteiger partial charge in [0.15, 0.2) is 11.6 Å². The Kier molecular flexibility index (Phi) is 5.93. The molecule has 118 valence electrons. The third kappa shape index (κ3) is 4.14. The summed E-state index contributed by atoms with van der Waals surface area (Å²) >= 11 is 0. The van der Waals surface area contributed by atoms with Crippen LogP contribution in [-0.2, 0) is 11.2 Å². The Morgan fingerprint density at radius 1 is 1.57 bits per heavy atom. The molecule has 5 nitrogen and oxygen atoms in total. The van der Waals surface area contributed by atoms with Crippen molar-refractivity contribution in [2.45, 2.75) is 25.5 Å². The highest BCUT2D eigenvalue weighted by atomic mass is 19.1. The van der Waals surface area contributed by atoms with E-state index in [4.69, 9.17) is 15.3 Å². The van der Waals surface area contributed by atoms with Gasteiger partial charge in [0, 0.05) is 13.1 Å². The van der Waals surface area contributed by atoms with Crippen LogP contribution in [0.2, 0.25) is 0 Å². The van der Waals surface area contributed by atoms with Crippen molar-refractivity contribution >= 4 is 0 Å². The van der Waals surface area contributed by atoms with Crippen molar-refractivity contribution in [3.63, 3.8) is 0 Å². The van der Waals surface area contributed by atoms with Gasteiger partial charge in [0.1, 0.15) is 0 Å². The van der Waals surface area contributed by atoms with Crippen LogP contribution in [0.3, 0.4) is 0 Å². The Morgan fingerprint density at radius 2 is 2.38 bits per heavy atom. The van der Waals surface area contributed by atoms with E-state index in [1.54, 1.807) is 6.07 Å². The Bertz CT molecular complexity index is 459. The van der Waals surface area contributed by atoms with Gasteiger partial charge in [-0.05, 0) is 30.7 Å². The molecule has 1 aliphatic rings. The fourth-order valence-corrected chi connectivity index (χ4v) is 2.65. The average Bonchev–Trinajstić information content (AvgIpc) is 2.52. The Morgan fingerprint density at radius 3 is 3.00 bits per heavy atom. The number of ether oxygens (including phenoxy) is 2. The van der Waals surface area contributed by atoms with Crippen LogP contribution in [0.4, 0.5) is 4.39 Å². The van der Waals surface area contributed by atoms with E-state index in [1.807, 2.05) is 6.07 Å². The van der Waals surface area contributed by atoms with Crippen molar-refractivity contribution in [1.82, 2.24) is 10.3 Å². The molecule has 1 saturated heterocycles. The van der Waals surface area contributed by atoms with Gasteiger partial charge in [-0.1, -0.05) is 13.0 Å². The number of methoxy groups -OCH3 is 1. The standard InChI is InChI=1S/C15H24FN3O2/c1-3-19-6-7-21-15(10-19)13(18-17)9-11-4-5-14(20-2)12(16)8-11/h4-5,8,13,15,18H,3,6-7,9-10,17H2,1-2H3. The highest BCUT2D eigenvalue weighted by Crippen LogP contribution is 2.20. The molecule has 2 atom stereocenters. The van der Waals surface area contributed by atoms with Crippen molar-refractivity contribution in [2.24, 2.45) is 5.84 Å². The molecule has 1 aliphatic heterocycles. The number of rotatable bonds is 6. The van der Waals surface area contributed by atoms with Crippen LogP contribution >= 0.6 is 0 Å². The maximum Gasteiger partial charge on any atom is 0.165 e. The van der Waals surface area contributed by atoms with E-state index in [0.717, 1.165) is 25.2 Å². The van der Waals surface area contributed by atoms with Crippen LogP contribution in [0, 0.1) is 5.82 Å². The van der Waals surface area contributed by atoms with Crippen molar-refractivity contribution in [2.75, 3.05) is 33.4 Å². The highest BCUT2D eigenvalue weighted by molar-refractivity contribution is 5.29. The van der Waals surface area contributed by atoms with Gasteiger partial charge in [0.05, 0.1) is 25.9 Å². The van der Waals surface area contributed by atoms with Gasteiger partial charge >= 0.3 is 0 Å². The van der Waals surface area contributed by atoms with E-state index in [0.29, 0.717) is 13.0 Å². The Hall–Kier alpha value is -1.21. The number of halogens is 1. The quantitative estimate of drug-likeness (QED) is 0.604. The first kappa shape index (κ1) is 16.2. The number of hydrogen-bond donors (Lipinski definition) is 2.